The van der Waals surface area contributed by atoms with Crippen molar-refractivity contribution in [2.45, 2.75) is 32.9 Å². The Bertz CT molecular complexity index is 633. The average molecular weight is 302 g/mol. The first kappa shape index (κ1) is 15.9. The fraction of sp³-hybridized carbons (Fsp3) is 0.312. The van der Waals surface area contributed by atoms with E-state index in [9.17, 15) is 9.18 Å². The number of aromatic nitrogens is 2. The summed E-state index contributed by atoms with van der Waals surface area (Å²) in [5.74, 6) is -0.0976. The Labute approximate surface area is 129 Å². The number of nitrogens with zero attached hydrogens (tertiary/aromatic N) is 2. The van der Waals surface area contributed by atoms with E-state index in [1.165, 1.54) is 24.5 Å². The molecule has 0 radical (unpaired) electrons. The molecule has 0 atom stereocenters. The lowest BCUT2D eigenvalue weighted by atomic mass is 10.1. The van der Waals surface area contributed by atoms with Gasteiger partial charge in [0.05, 0.1) is 5.56 Å². The van der Waals surface area contributed by atoms with Gasteiger partial charge >= 0.3 is 0 Å². The standard InChI is InChI=1S/C16H19FN4O/c1-16(2,3)21-15-19-9-12(10-20-15)14(22)18-8-11-4-6-13(17)7-5-11/h4-7,9-10H,8H2,1-3H3,(H,18,22)(H,19,20,21). The number of hydrogen-bond acceptors (Lipinski definition) is 4. The summed E-state index contributed by atoms with van der Waals surface area (Å²) >= 11 is 0. The van der Waals surface area contributed by atoms with Gasteiger partial charge in [-0.15, -0.1) is 0 Å². The van der Waals surface area contributed by atoms with Crippen LogP contribution in [-0.4, -0.2) is 21.4 Å². The van der Waals surface area contributed by atoms with Crippen molar-refractivity contribution in [1.29, 1.82) is 0 Å². The number of benzene rings is 1. The van der Waals surface area contributed by atoms with Crippen LogP contribution in [0, 0.1) is 5.82 Å². The molecule has 0 bridgehead atoms. The van der Waals surface area contributed by atoms with Crippen LogP contribution in [0.5, 0.6) is 0 Å². The molecule has 2 aromatic rings. The highest BCUT2D eigenvalue weighted by Crippen LogP contribution is 2.09. The maximum atomic E-state index is 12.8. The summed E-state index contributed by atoms with van der Waals surface area (Å²) in [5, 5.41) is 5.86. The zero-order valence-electron chi connectivity index (χ0n) is 12.9. The van der Waals surface area contributed by atoms with Crippen molar-refractivity contribution < 1.29 is 9.18 Å². The Morgan fingerprint density at radius 3 is 2.27 bits per heavy atom. The third kappa shape index (κ3) is 4.80. The maximum Gasteiger partial charge on any atom is 0.254 e. The Morgan fingerprint density at radius 1 is 1.14 bits per heavy atom. The van der Waals surface area contributed by atoms with E-state index in [4.69, 9.17) is 0 Å². The van der Waals surface area contributed by atoms with Crippen molar-refractivity contribution in [2.75, 3.05) is 5.32 Å². The lowest BCUT2D eigenvalue weighted by molar-refractivity contribution is 0.0950. The van der Waals surface area contributed by atoms with Crippen LogP contribution >= 0.6 is 0 Å². The molecule has 0 aliphatic carbocycles. The van der Waals surface area contributed by atoms with Gasteiger partial charge < -0.3 is 10.6 Å². The molecule has 0 aliphatic rings. The van der Waals surface area contributed by atoms with Gasteiger partial charge in [0, 0.05) is 24.5 Å². The zero-order valence-corrected chi connectivity index (χ0v) is 12.9. The van der Waals surface area contributed by atoms with Crippen LogP contribution in [0.3, 0.4) is 0 Å². The molecule has 2 N–H and O–H groups in total. The highest BCUT2D eigenvalue weighted by atomic mass is 19.1. The first-order valence-electron chi connectivity index (χ1n) is 6.96. The van der Waals surface area contributed by atoms with Crippen molar-refractivity contribution in [3.8, 4) is 0 Å². The van der Waals surface area contributed by atoms with Gasteiger partial charge in [-0.3, -0.25) is 4.79 Å². The van der Waals surface area contributed by atoms with Crippen molar-refractivity contribution >= 4 is 11.9 Å². The van der Waals surface area contributed by atoms with Gasteiger partial charge in [0.2, 0.25) is 5.95 Å². The highest BCUT2D eigenvalue weighted by Gasteiger charge is 2.12. The van der Waals surface area contributed by atoms with Gasteiger partial charge in [-0.1, -0.05) is 12.1 Å². The van der Waals surface area contributed by atoms with E-state index in [1.807, 2.05) is 20.8 Å². The van der Waals surface area contributed by atoms with E-state index in [0.29, 0.717) is 18.1 Å². The Kier molecular flexibility index (Phi) is 4.70. The van der Waals surface area contributed by atoms with E-state index in [0.717, 1.165) is 5.56 Å². The molecule has 116 valence electrons. The largest absolute Gasteiger partial charge is 0.350 e. The molecular weight excluding hydrogens is 283 g/mol. The first-order chi connectivity index (χ1) is 10.3. The molecule has 0 unspecified atom stereocenters. The minimum atomic E-state index is -0.301. The molecule has 6 heteroatoms. The summed E-state index contributed by atoms with van der Waals surface area (Å²) < 4.78 is 12.8. The Hall–Kier alpha value is -2.50. The summed E-state index contributed by atoms with van der Waals surface area (Å²) in [7, 11) is 0. The predicted octanol–water partition coefficient (Wildman–Crippen LogP) is 2.76. The fourth-order valence-electron chi connectivity index (χ4n) is 1.73. The average Bonchev–Trinajstić information content (AvgIpc) is 2.45. The summed E-state index contributed by atoms with van der Waals surface area (Å²) in [6, 6.07) is 5.97. The second-order valence-corrected chi connectivity index (χ2v) is 5.98. The third-order valence-electron chi connectivity index (χ3n) is 2.77. The van der Waals surface area contributed by atoms with E-state index >= 15 is 0 Å². The van der Waals surface area contributed by atoms with Crippen LogP contribution < -0.4 is 10.6 Å². The number of amides is 1. The molecule has 2 rings (SSSR count). The van der Waals surface area contributed by atoms with Crippen LogP contribution in [0.15, 0.2) is 36.7 Å². The fourth-order valence-corrected chi connectivity index (χ4v) is 1.73. The number of rotatable bonds is 4. The van der Waals surface area contributed by atoms with Crippen LogP contribution in [0.1, 0.15) is 36.7 Å². The summed E-state index contributed by atoms with van der Waals surface area (Å²) in [6.07, 6.45) is 2.95. The molecule has 0 spiro atoms. The number of halogens is 1. The molecule has 1 aromatic carbocycles. The molecule has 0 aliphatic heterocycles. The van der Waals surface area contributed by atoms with Crippen LogP contribution in [0.2, 0.25) is 0 Å². The number of nitrogens with one attached hydrogen (secondary N) is 2. The third-order valence-corrected chi connectivity index (χ3v) is 2.77. The molecule has 0 fully saturated rings. The lowest BCUT2D eigenvalue weighted by Crippen LogP contribution is -2.28. The van der Waals surface area contributed by atoms with Crippen molar-refractivity contribution in [3.63, 3.8) is 0 Å². The quantitative estimate of drug-likeness (QED) is 0.911. The van der Waals surface area contributed by atoms with Gasteiger partial charge in [0.1, 0.15) is 5.82 Å². The molecule has 1 amide bonds. The number of carbonyl (C=O) groups is 1. The van der Waals surface area contributed by atoms with Crippen LogP contribution in [-0.2, 0) is 6.54 Å². The van der Waals surface area contributed by atoms with E-state index in [1.54, 1.807) is 12.1 Å². The lowest BCUT2D eigenvalue weighted by Gasteiger charge is -2.20. The van der Waals surface area contributed by atoms with E-state index in [2.05, 4.69) is 20.6 Å². The van der Waals surface area contributed by atoms with Gasteiger partial charge in [-0.05, 0) is 38.5 Å². The SMILES string of the molecule is CC(C)(C)Nc1ncc(C(=O)NCc2ccc(F)cc2)cn1. The molecule has 0 saturated carbocycles. The van der Waals surface area contributed by atoms with Gasteiger partial charge in [0.15, 0.2) is 0 Å². The van der Waals surface area contributed by atoms with Crippen molar-refractivity contribution in [1.82, 2.24) is 15.3 Å². The monoisotopic (exact) mass is 302 g/mol. The predicted molar refractivity (Wildman–Crippen MR) is 83.0 cm³/mol. The molecule has 5 nitrogen and oxygen atoms in total. The second kappa shape index (κ2) is 6.51. The minimum absolute atomic E-state index is 0.146. The summed E-state index contributed by atoms with van der Waals surface area (Å²) in [6.45, 7) is 6.32. The number of anilines is 1. The van der Waals surface area contributed by atoms with Gasteiger partial charge in [-0.25, -0.2) is 14.4 Å². The molecule has 0 saturated heterocycles. The second-order valence-electron chi connectivity index (χ2n) is 5.98. The van der Waals surface area contributed by atoms with Crippen LogP contribution in [0.25, 0.3) is 0 Å². The van der Waals surface area contributed by atoms with Crippen LogP contribution in [0.4, 0.5) is 10.3 Å². The summed E-state index contributed by atoms with van der Waals surface area (Å²) in [4.78, 5) is 20.2. The number of hydrogen-bond donors (Lipinski definition) is 2. The molecule has 22 heavy (non-hydrogen) atoms. The highest BCUT2D eigenvalue weighted by molar-refractivity contribution is 5.93. The van der Waals surface area contributed by atoms with Gasteiger partial charge in [0.25, 0.3) is 5.91 Å². The van der Waals surface area contributed by atoms with E-state index < -0.39 is 0 Å². The molecule has 1 aromatic heterocycles. The van der Waals surface area contributed by atoms with Crippen molar-refractivity contribution in [3.05, 3.63) is 53.6 Å². The van der Waals surface area contributed by atoms with Gasteiger partial charge in [-0.2, -0.15) is 0 Å². The molecule has 1 heterocycles. The minimum Gasteiger partial charge on any atom is -0.350 e. The number of carbonyl (C=O) groups excluding carboxylic acids is 1. The normalized spacial score (nSPS) is 11.1. The topological polar surface area (TPSA) is 66.9 Å². The summed E-state index contributed by atoms with van der Waals surface area (Å²) in [5.41, 5.74) is 1.05. The van der Waals surface area contributed by atoms with Crippen molar-refractivity contribution in [2.24, 2.45) is 0 Å². The van der Waals surface area contributed by atoms with E-state index in [-0.39, 0.29) is 17.3 Å². The molecular formula is C16H19FN4O. The smallest absolute Gasteiger partial charge is 0.254 e. The zero-order chi connectivity index (χ0) is 16.2. The first-order valence-corrected chi connectivity index (χ1v) is 6.96. The maximum absolute atomic E-state index is 12.8. The Balaban J connectivity index is 1.93. The Morgan fingerprint density at radius 2 is 1.73 bits per heavy atom.